The number of rotatable bonds is 7. The molecule has 0 unspecified atom stereocenters. The van der Waals surface area contributed by atoms with Crippen LogP contribution in [0.3, 0.4) is 0 Å². The molecule has 0 amide bonds. The average molecular weight is 288 g/mol. The lowest BCUT2D eigenvalue weighted by molar-refractivity contribution is 0.558. The summed E-state index contributed by atoms with van der Waals surface area (Å²) >= 11 is 1.49. The smallest absolute Gasteiger partial charge is 0.241 e. The van der Waals surface area contributed by atoms with Crippen molar-refractivity contribution >= 4 is 21.4 Å². The summed E-state index contributed by atoms with van der Waals surface area (Å²) in [6.45, 7) is 5.75. The van der Waals surface area contributed by atoms with Crippen molar-refractivity contribution in [1.29, 1.82) is 0 Å². The normalized spacial score (nSPS) is 17.9. The summed E-state index contributed by atoms with van der Waals surface area (Å²) < 4.78 is 27.0. The van der Waals surface area contributed by atoms with E-state index in [2.05, 4.69) is 17.0 Å². The van der Waals surface area contributed by atoms with Crippen molar-refractivity contribution in [1.82, 2.24) is 10.0 Å². The predicted molar refractivity (Wildman–Crippen MR) is 74.3 cm³/mol. The van der Waals surface area contributed by atoms with Gasteiger partial charge in [-0.1, -0.05) is 6.92 Å². The lowest BCUT2D eigenvalue weighted by atomic mass is 10.4. The van der Waals surface area contributed by atoms with Gasteiger partial charge in [0.2, 0.25) is 10.0 Å². The molecule has 0 atom stereocenters. The minimum atomic E-state index is -3.33. The molecular formula is C12H20N2O2S2. The number of nitrogens with one attached hydrogen (secondary N) is 2. The Bertz CT molecular complexity index is 504. The second-order valence-corrected chi connectivity index (χ2v) is 7.77. The minimum Gasteiger partial charge on any atom is -0.312 e. The molecule has 0 saturated heterocycles. The summed E-state index contributed by atoms with van der Waals surface area (Å²) in [6.07, 6.45) is 2.94. The van der Waals surface area contributed by atoms with Crippen LogP contribution in [0.1, 0.15) is 38.0 Å². The molecule has 0 aliphatic heterocycles. The van der Waals surface area contributed by atoms with E-state index >= 15 is 0 Å². The molecule has 6 heteroatoms. The molecule has 0 aromatic carbocycles. The Morgan fingerprint density at radius 3 is 2.78 bits per heavy atom. The topological polar surface area (TPSA) is 58.2 Å². The van der Waals surface area contributed by atoms with E-state index < -0.39 is 10.0 Å². The zero-order valence-corrected chi connectivity index (χ0v) is 12.5. The molecule has 2 rings (SSSR count). The molecule has 1 saturated carbocycles. The van der Waals surface area contributed by atoms with Gasteiger partial charge in [-0.2, -0.15) is 0 Å². The van der Waals surface area contributed by atoms with Crippen LogP contribution >= 0.6 is 11.3 Å². The van der Waals surface area contributed by atoms with Gasteiger partial charge in [0.1, 0.15) is 0 Å². The molecule has 0 bridgehead atoms. The van der Waals surface area contributed by atoms with Crippen LogP contribution in [0.5, 0.6) is 0 Å². The van der Waals surface area contributed by atoms with E-state index in [9.17, 15) is 8.42 Å². The van der Waals surface area contributed by atoms with Crippen molar-refractivity contribution in [2.75, 3.05) is 6.54 Å². The van der Waals surface area contributed by atoms with Gasteiger partial charge < -0.3 is 5.32 Å². The van der Waals surface area contributed by atoms with E-state index in [1.165, 1.54) is 11.3 Å². The zero-order valence-electron chi connectivity index (χ0n) is 10.8. The molecule has 102 valence electrons. The minimum absolute atomic E-state index is 0.207. The molecule has 0 spiro atoms. The van der Waals surface area contributed by atoms with Gasteiger partial charge in [-0.05, 0) is 38.8 Å². The quantitative estimate of drug-likeness (QED) is 0.755. The maximum atomic E-state index is 12.1. The van der Waals surface area contributed by atoms with Crippen LogP contribution < -0.4 is 10.0 Å². The zero-order chi connectivity index (χ0) is 13.2. The lowest BCUT2D eigenvalue weighted by Gasteiger charge is -2.10. The molecule has 1 aliphatic rings. The third-order valence-electron chi connectivity index (χ3n) is 3.05. The molecule has 2 N–H and O–H groups in total. The van der Waals surface area contributed by atoms with Crippen molar-refractivity contribution in [3.63, 3.8) is 0 Å². The maximum Gasteiger partial charge on any atom is 0.241 e. The molecule has 1 aromatic heterocycles. The van der Waals surface area contributed by atoms with Crippen LogP contribution in [-0.2, 0) is 16.6 Å². The fraction of sp³-hybridized carbons (Fsp3) is 0.667. The van der Waals surface area contributed by atoms with E-state index in [1.807, 2.05) is 6.92 Å². The molecule has 1 heterocycles. The van der Waals surface area contributed by atoms with Crippen LogP contribution in [0.2, 0.25) is 0 Å². The average Bonchev–Trinajstić information content (AvgIpc) is 2.80. The monoisotopic (exact) mass is 288 g/mol. The van der Waals surface area contributed by atoms with Crippen molar-refractivity contribution < 1.29 is 8.42 Å². The van der Waals surface area contributed by atoms with Gasteiger partial charge >= 0.3 is 0 Å². The van der Waals surface area contributed by atoms with Gasteiger partial charge in [0.25, 0.3) is 0 Å². The van der Waals surface area contributed by atoms with Crippen molar-refractivity contribution in [3.05, 3.63) is 16.3 Å². The highest BCUT2D eigenvalue weighted by molar-refractivity contribution is 7.89. The van der Waals surface area contributed by atoms with Gasteiger partial charge in [0.15, 0.2) is 0 Å². The predicted octanol–water partition coefficient (Wildman–Crippen LogP) is 2.08. The first-order valence-electron chi connectivity index (χ1n) is 6.27. The van der Waals surface area contributed by atoms with Crippen molar-refractivity contribution in [3.8, 4) is 0 Å². The fourth-order valence-electron chi connectivity index (χ4n) is 1.66. The van der Waals surface area contributed by atoms with Crippen LogP contribution in [0.15, 0.2) is 16.3 Å². The molecule has 0 radical (unpaired) electrons. The number of thiophene rings is 1. The van der Waals surface area contributed by atoms with Crippen molar-refractivity contribution in [2.45, 2.75) is 50.1 Å². The first-order valence-corrected chi connectivity index (χ1v) is 8.64. The standard InChI is InChI=1S/C12H20N2O2S2/c1-3-6-13-8-10-7-11(9-17-10)18(15,16)14-12(2)4-5-12/h7,9,13-14H,3-6,8H2,1-2H3. The molecule has 1 fully saturated rings. The third-order valence-corrected chi connectivity index (χ3v) is 5.75. The summed E-state index contributed by atoms with van der Waals surface area (Å²) in [7, 11) is -3.33. The first-order chi connectivity index (χ1) is 8.45. The molecule has 1 aliphatic carbocycles. The summed E-state index contributed by atoms with van der Waals surface area (Å²) in [6, 6.07) is 1.77. The summed E-state index contributed by atoms with van der Waals surface area (Å²) in [5, 5.41) is 4.99. The van der Waals surface area contributed by atoms with E-state index in [0.717, 1.165) is 37.2 Å². The number of sulfonamides is 1. The second-order valence-electron chi connectivity index (χ2n) is 5.09. The van der Waals surface area contributed by atoms with Gasteiger partial charge in [0, 0.05) is 22.3 Å². The van der Waals surface area contributed by atoms with Crippen LogP contribution in [0, 0.1) is 0 Å². The Morgan fingerprint density at radius 2 is 2.17 bits per heavy atom. The second kappa shape index (κ2) is 5.28. The van der Waals surface area contributed by atoms with Crippen LogP contribution in [-0.4, -0.2) is 20.5 Å². The molecular weight excluding hydrogens is 268 g/mol. The summed E-state index contributed by atoms with van der Waals surface area (Å²) in [4.78, 5) is 1.46. The number of hydrogen-bond donors (Lipinski definition) is 2. The lowest BCUT2D eigenvalue weighted by Crippen LogP contribution is -2.33. The maximum absolute atomic E-state index is 12.1. The Labute approximate surface area is 113 Å². The van der Waals surface area contributed by atoms with E-state index in [0.29, 0.717) is 4.90 Å². The van der Waals surface area contributed by atoms with Gasteiger partial charge in [-0.3, -0.25) is 0 Å². The highest BCUT2D eigenvalue weighted by Gasteiger charge is 2.41. The fourth-order valence-corrected chi connectivity index (χ4v) is 4.37. The van der Waals surface area contributed by atoms with Gasteiger partial charge in [-0.25, -0.2) is 13.1 Å². The largest absolute Gasteiger partial charge is 0.312 e. The van der Waals surface area contributed by atoms with Gasteiger partial charge in [0.05, 0.1) is 4.90 Å². The van der Waals surface area contributed by atoms with Crippen LogP contribution in [0.25, 0.3) is 0 Å². The van der Waals surface area contributed by atoms with Crippen molar-refractivity contribution in [2.24, 2.45) is 0 Å². The summed E-state index contributed by atoms with van der Waals surface area (Å²) in [5.41, 5.74) is -0.207. The Kier molecular flexibility index (Phi) is 4.11. The SMILES string of the molecule is CCCNCc1cc(S(=O)(=O)NC2(C)CC2)cs1. The van der Waals surface area contributed by atoms with E-state index in [4.69, 9.17) is 0 Å². The molecule has 1 aromatic rings. The molecule has 4 nitrogen and oxygen atoms in total. The van der Waals surface area contributed by atoms with E-state index in [1.54, 1.807) is 11.4 Å². The third kappa shape index (κ3) is 3.54. The van der Waals surface area contributed by atoms with Gasteiger partial charge in [-0.15, -0.1) is 11.3 Å². The number of hydrogen-bond acceptors (Lipinski definition) is 4. The summed E-state index contributed by atoms with van der Waals surface area (Å²) in [5.74, 6) is 0. The Balaban J connectivity index is 2.00. The van der Waals surface area contributed by atoms with E-state index in [-0.39, 0.29) is 5.54 Å². The highest BCUT2D eigenvalue weighted by Crippen LogP contribution is 2.36. The highest BCUT2D eigenvalue weighted by atomic mass is 32.2. The molecule has 18 heavy (non-hydrogen) atoms. The first kappa shape index (κ1) is 14.0. The Hall–Kier alpha value is -0.430. The van der Waals surface area contributed by atoms with Crippen LogP contribution in [0.4, 0.5) is 0 Å². The Morgan fingerprint density at radius 1 is 1.44 bits per heavy atom.